The van der Waals surface area contributed by atoms with Gasteiger partial charge in [0.15, 0.2) is 28.7 Å². The third kappa shape index (κ3) is 3.74. The Morgan fingerprint density at radius 1 is 0.771 bits per heavy atom. The summed E-state index contributed by atoms with van der Waals surface area (Å²) in [6.07, 6.45) is 1.90. The second-order valence-corrected chi connectivity index (χ2v) is 7.45. The molecule has 2 aromatic carbocycles. The molecule has 178 valence electrons. The van der Waals surface area contributed by atoms with Crippen molar-refractivity contribution in [2.75, 3.05) is 28.4 Å². The quantitative estimate of drug-likeness (QED) is 0.365. The third-order valence-corrected chi connectivity index (χ3v) is 5.53. The lowest BCUT2D eigenvalue weighted by Crippen LogP contribution is -1.97. The van der Waals surface area contributed by atoms with E-state index in [4.69, 9.17) is 28.3 Å². The standard InChI is InChI=1S/C25H22N4O6/c1-31-18-11-14(8-9-17(18)30)24-27-28-25(35-24)21-16-7-5-6-10-29(16)23(26-21)15-12-19(32-2)22(34-4)20(13-15)33-3/h5-13,30H,1-4H3. The number of hydrogen-bond donors (Lipinski definition) is 1. The number of phenolic OH excluding ortho intramolecular Hbond substituents is 1. The van der Waals surface area contributed by atoms with E-state index in [1.807, 2.05) is 40.9 Å². The number of nitrogens with zero attached hydrogens (tertiary/aromatic N) is 4. The smallest absolute Gasteiger partial charge is 0.268 e. The Bertz CT molecular complexity index is 1500. The Balaban J connectivity index is 1.64. The van der Waals surface area contributed by atoms with Crippen LogP contribution in [0.2, 0.25) is 0 Å². The molecule has 5 aromatic rings. The SMILES string of the molecule is COc1cc(-c2nnc(-c3nc(-c4cc(OC)c(OC)c(OC)c4)n4ccccc34)o2)ccc1O. The summed E-state index contributed by atoms with van der Waals surface area (Å²) in [6, 6.07) is 14.2. The van der Waals surface area contributed by atoms with Crippen molar-refractivity contribution in [2.45, 2.75) is 0 Å². The molecule has 0 bridgehead atoms. The lowest BCUT2D eigenvalue weighted by atomic mass is 10.1. The summed E-state index contributed by atoms with van der Waals surface area (Å²) in [5.74, 6) is 2.98. The summed E-state index contributed by atoms with van der Waals surface area (Å²) in [7, 11) is 6.16. The van der Waals surface area contributed by atoms with Gasteiger partial charge in [0.05, 0.1) is 34.0 Å². The molecule has 0 radical (unpaired) electrons. The molecule has 3 heterocycles. The van der Waals surface area contributed by atoms with Gasteiger partial charge in [0.2, 0.25) is 11.6 Å². The topological polar surface area (TPSA) is 113 Å². The molecular weight excluding hydrogens is 452 g/mol. The predicted molar refractivity (Wildman–Crippen MR) is 127 cm³/mol. The van der Waals surface area contributed by atoms with Crippen LogP contribution in [-0.2, 0) is 0 Å². The Hall–Kier alpha value is -4.73. The molecule has 5 rings (SSSR count). The van der Waals surface area contributed by atoms with Gasteiger partial charge in [0.1, 0.15) is 5.82 Å². The molecular formula is C25H22N4O6. The van der Waals surface area contributed by atoms with Gasteiger partial charge >= 0.3 is 0 Å². The van der Waals surface area contributed by atoms with Crippen LogP contribution in [0.1, 0.15) is 0 Å². The predicted octanol–water partition coefficient (Wildman–Crippen LogP) is 4.46. The molecule has 35 heavy (non-hydrogen) atoms. The van der Waals surface area contributed by atoms with Crippen molar-refractivity contribution in [3.8, 4) is 63.2 Å². The van der Waals surface area contributed by atoms with Crippen LogP contribution < -0.4 is 18.9 Å². The molecule has 0 unspecified atom stereocenters. The van der Waals surface area contributed by atoms with Crippen LogP contribution in [0, 0.1) is 0 Å². The van der Waals surface area contributed by atoms with E-state index < -0.39 is 0 Å². The van der Waals surface area contributed by atoms with E-state index in [1.54, 1.807) is 33.5 Å². The highest BCUT2D eigenvalue weighted by atomic mass is 16.5. The van der Waals surface area contributed by atoms with Crippen LogP contribution >= 0.6 is 0 Å². The van der Waals surface area contributed by atoms with E-state index in [0.29, 0.717) is 40.1 Å². The number of hydrogen-bond acceptors (Lipinski definition) is 9. The summed E-state index contributed by atoms with van der Waals surface area (Å²) >= 11 is 0. The highest BCUT2D eigenvalue weighted by Gasteiger charge is 2.22. The summed E-state index contributed by atoms with van der Waals surface area (Å²) in [6.45, 7) is 0. The Labute approximate surface area is 200 Å². The fourth-order valence-corrected chi connectivity index (χ4v) is 3.86. The summed E-state index contributed by atoms with van der Waals surface area (Å²) in [5.41, 5.74) is 2.63. The first-order valence-corrected chi connectivity index (χ1v) is 10.6. The zero-order chi connectivity index (χ0) is 24.5. The van der Waals surface area contributed by atoms with Crippen molar-refractivity contribution in [2.24, 2.45) is 0 Å². The maximum Gasteiger partial charge on any atom is 0.268 e. The number of aromatic hydroxyl groups is 1. The van der Waals surface area contributed by atoms with Gasteiger partial charge in [-0.2, -0.15) is 0 Å². The average Bonchev–Trinajstić information content (AvgIpc) is 3.53. The average molecular weight is 474 g/mol. The van der Waals surface area contributed by atoms with E-state index in [-0.39, 0.29) is 17.5 Å². The van der Waals surface area contributed by atoms with E-state index >= 15 is 0 Å². The molecule has 0 spiro atoms. The molecule has 3 aromatic heterocycles. The maximum absolute atomic E-state index is 9.87. The first-order chi connectivity index (χ1) is 17.1. The van der Waals surface area contributed by atoms with Gasteiger partial charge in [-0.05, 0) is 42.5 Å². The second-order valence-electron chi connectivity index (χ2n) is 7.45. The minimum atomic E-state index is 0.0195. The van der Waals surface area contributed by atoms with Gasteiger partial charge in [-0.1, -0.05) is 6.07 Å². The minimum Gasteiger partial charge on any atom is -0.504 e. The fourth-order valence-electron chi connectivity index (χ4n) is 3.86. The maximum atomic E-state index is 9.87. The molecule has 10 heteroatoms. The number of phenols is 1. The Kier molecular flexibility index (Phi) is 5.61. The van der Waals surface area contributed by atoms with Crippen molar-refractivity contribution < 1.29 is 28.5 Å². The van der Waals surface area contributed by atoms with Crippen molar-refractivity contribution in [1.82, 2.24) is 19.6 Å². The number of fused-ring (bicyclic) bond motifs is 1. The summed E-state index contributed by atoms with van der Waals surface area (Å²) in [5, 5.41) is 18.3. The zero-order valence-electron chi connectivity index (χ0n) is 19.5. The zero-order valence-corrected chi connectivity index (χ0v) is 19.5. The molecule has 10 nitrogen and oxygen atoms in total. The molecule has 0 amide bonds. The van der Waals surface area contributed by atoms with Crippen LogP contribution in [0.25, 0.3) is 39.9 Å². The van der Waals surface area contributed by atoms with Crippen LogP contribution in [0.4, 0.5) is 0 Å². The molecule has 0 fully saturated rings. The van der Waals surface area contributed by atoms with E-state index in [9.17, 15) is 5.11 Å². The number of aromatic nitrogens is 4. The summed E-state index contributed by atoms with van der Waals surface area (Å²) < 4.78 is 29.5. The van der Waals surface area contributed by atoms with Crippen LogP contribution in [0.15, 0.2) is 59.1 Å². The van der Waals surface area contributed by atoms with E-state index in [2.05, 4.69) is 10.2 Å². The molecule has 0 aliphatic carbocycles. The number of imidazole rings is 1. The van der Waals surface area contributed by atoms with Crippen molar-refractivity contribution in [3.05, 3.63) is 54.7 Å². The van der Waals surface area contributed by atoms with E-state index in [1.165, 1.54) is 13.2 Å². The fraction of sp³-hybridized carbons (Fsp3) is 0.160. The first-order valence-electron chi connectivity index (χ1n) is 10.6. The molecule has 0 atom stereocenters. The van der Waals surface area contributed by atoms with Gasteiger partial charge in [-0.3, -0.25) is 4.40 Å². The molecule has 0 aliphatic rings. The normalized spacial score (nSPS) is 11.0. The third-order valence-electron chi connectivity index (χ3n) is 5.53. The van der Waals surface area contributed by atoms with Crippen LogP contribution in [0.3, 0.4) is 0 Å². The van der Waals surface area contributed by atoms with Gasteiger partial charge in [-0.25, -0.2) is 4.98 Å². The number of methoxy groups -OCH3 is 4. The number of rotatable bonds is 7. The first kappa shape index (κ1) is 22.1. The lowest BCUT2D eigenvalue weighted by Gasteiger charge is -2.13. The van der Waals surface area contributed by atoms with Gasteiger partial charge in [0.25, 0.3) is 5.89 Å². The van der Waals surface area contributed by atoms with Crippen molar-refractivity contribution >= 4 is 5.52 Å². The van der Waals surface area contributed by atoms with Gasteiger partial charge in [0, 0.05) is 17.3 Å². The van der Waals surface area contributed by atoms with Crippen molar-refractivity contribution in [3.63, 3.8) is 0 Å². The molecule has 0 aliphatic heterocycles. The van der Waals surface area contributed by atoms with Crippen LogP contribution in [0.5, 0.6) is 28.7 Å². The highest BCUT2D eigenvalue weighted by Crippen LogP contribution is 2.42. The van der Waals surface area contributed by atoms with E-state index in [0.717, 1.165) is 11.1 Å². The molecule has 0 saturated heterocycles. The number of pyridine rings is 1. The Morgan fingerprint density at radius 2 is 1.46 bits per heavy atom. The Morgan fingerprint density at radius 3 is 2.14 bits per heavy atom. The second kappa shape index (κ2) is 8.90. The monoisotopic (exact) mass is 474 g/mol. The number of benzene rings is 2. The molecule has 1 N–H and O–H groups in total. The van der Waals surface area contributed by atoms with Crippen LogP contribution in [-0.4, -0.2) is 53.1 Å². The largest absolute Gasteiger partial charge is 0.504 e. The van der Waals surface area contributed by atoms with Gasteiger partial charge in [-0.15, -0.1) is 10.2 Å². The minimum absolute atomic E-state index is 0.0195. The van der Waals surface area contributed by atoms with Gasteiger partial charge < -0.3 is 28.5 Å². The summed E-state index contributed by atoms with van der Waals surface area (Å²) in [4.78, 5) is 4.84. The van der Waals surface area contributed by atoms with Crippen molar-refractivity contribution in [1.29, 1.82) is 0 Å². The lowest BCUT2D eigenvalue weighted by molar-refractivity contribution is 0.324. The number of ether oxygens (including phenoxy) is 4. The molecule has 0 saturated carbocycles. The highest BCUT2D eigenvalue weighted by molar-refractivity contribution is 5.79.